The van der Waals surface area contributed by atoms with Crippen LogP contribution in [0.4, 0.5) is 10.1 Å². The van der Waals surface area contributed by atoms with Gasteiger partial charge in [-0.05, 0) is 61.5 Å². The van der Waals surface area contributed by atoms with E-state index in [4.69, 9.17) is 10.5 Å². The molecule has 0 radical (unpaired) electrons. The molecule has 3 aromatic rings. The highest BCUT2D eigenvalue weighted by molar-refractivity contribution is 5.90. The second-order valence-corrected chi connectivity index (χ2v) is 8.60. The molecule has 4 rings (SSSR count). The number of benzene rings is 2. The first-order chi connectivity index (χ1) is 15.8. The highest BCUT2D eigenvalue weighted by Crippen LogP contribution is 2.36. The number of nitrogens with two attached hydrogens (primary N) is 1. The van der Waals surface area contributed by atoms with Crippen molar-refractivity contribution in [2.45, 2.75) is 12.3 Å². The second kappa shape index (κ2) is 9.19. The van der Waals surface area contributed by atoms with Crippen molar-refractivity contribution >= 4 is 11.6 Å². The minimum atomic E-state index is -1.13. The van der Waals surface area contributed by atoms with E-state index in [1.54, 1.807) is 25.3 Å². The zero-order valence-electron chi connectivity index (χ0n) is 19.2. The zero-order valence-corrected chi connectivity index (χ0v) is 19.2. The number of likely N-dealkylation sites (N-methyl/N-ethyl adjacent to an activating group) is 1. The number of ether oxygens (including phenoxy) is 1. The van der Waals surface area contributed by atoms with Gasteiger partial charge in [-0.3, -0.25) is 9.78 Å². The van der Waals surface area contributed by atoms with E-state index in [2.05, 4.69) is 21.8 Å². The summed E-state index contributed by atoms with van der Waals surface area (Å²) in [5.41, 5.74) is 8.67. The maximum Gasteiger partial charge on any atom is 0.233 e. The molecule has 6 nitrogen and oxygen atoms in total. The average Bonchev–Trinajstić information content (AvgIpc) is 2.84. The van der Waals surface area contributed by atoms with Crippen LogP contribution in [0.25, 0.3) is 11.1 Å². The molecule has 0 saturated carbocycles. The summed E-state index contributed by atoms with van der Waals surface area (Å²) in [5, 5.41) is 0. The lowest BCUT2D eigenvalue weighted by Crippen LogP contribution is -2.44. The van der Waals surface area contributed by atoms with E-state index in [-0.39, 0.29) is 5.82 Å². The van der Waals surface area contributed by atoms with Gasteiger partial charge in [0.25, 0.3) is 0 Å². The number of pyridine rings is 1. The lowest BCUT2D eigenvalue weighted by molar-refractivity contribution is -0.121. The molecule has 1 atom stereocenters. The van der Waals surface area contributed by atoms with E-state index in [1.807, 2.05) is 30.3 Å². The molecule has 0 bridgehead atoms. The van der Waals surface area contributed by atoms with Gasteiger partial charge in [0.15, 0.2) is 0 Å². The van der Waals surface area contributed by atoms with Crippen molar-refractivity contribution in [3.8, 4) is 16.9 Å². The summed E-state index contributed by atoms with van der Waals surface area (Å²) >= 11 is 0. The van der Waals surface area contributed by atoms with Crippen molar-refractivity contribution in [1.82, 2.24) is 9.88 Å². The number of anilines is 1. The van der Waals surface area contributed by atoms with E-state index < -0.39 is 11.3 Å². The van der Waals surface area contributed by atoms with Gasteiger partial charge in [-0.2, -0.15) is 0 Å². The fraction of sp³-hybridized carbons (Fsp3) is 0.308. The Kier molecular flexibility index (Phi) is 6.33. The van der Waals surface area contributed by atoms with Crippen LogP contribution in [0.3, 0.4) is 0 Å². The van der Waals surface area contributed by atoms with Crippen LogP contribution in [0.15, 0.2) is 60.8 Å². The number of carbonyl (C=O) groups excluding carboxylic acids is 1. The van der Waals surface area contributed by atoms with E-state index in [9.17, 15) is 9.18 Å². The summed E-state index contributed by atoms with van der Waals surface area (Å²) in [6.45, 7) is 5.75. The number of methoxy groups -OCH3 is 1. The normalized spacial score (nSPS) is 16.3. The first-order valence-electron chi connectivity index (χ1n) is 11.0. The fourth-order valence-corrected chi connectivity index (χ4v) is 4.26. The third kappa shape index (κ3) is 4.41. The number of hydrogen-bond donors (Lipinski definition) is 1. The number of primary amides is 1. The van der Waals surface area contributed by atoms with Crippen molar-refractivity contribution in [2.24, 2.45) is 5.73 Å². The molecule has 1 aliphatic rings. The highest BCUT2D eigenvalue weighted by Gasteiger charge is 2.37. The van der Waals surface area contributed by atoms with Crippen molar-refractivity contribution in [1.29, 1.82) is 0 Å². The van der Waals surface area contributed by atoms with Crippen molar-refractivity contribution < 1.29 is 13.9 Å². The summed E-state index contributed by atoms with van der Waals surface area (Å²) in [5.74, 6) is -0.470. The number of amides is 1. The Bertz CT molecular complexity index is 1140. The van der Waals surface area contributed by atoms with Crippen LogP contribution in [-0.2, 0) is 10.2 Å². The van der Waals surface area contributed by atoms with Gasteiger partial charge in [0.2, 0.25) is 5.91 Å². The Hall–Kier alpha value is -3.45. The van der Waals surface area contributed by atoms with E-state index in [0.29, 0.717) is 17.0 Å². The monoisotopic (exact) mass is 448 g/mol. The van der Waals surface area contributed by atoms with Crippen LogP contribution in [0.2, 0.25) is 0 Å². The molecule has 2 heterocycles. The molecule has 0 spiro atoms. The van der Waals surface area contributed by atoms with Crippen LogP contribution in [0.5, 0.6) is 5.75 Å². The standard InChI is InChI=1S/C26H29FN4O2/c1-26(25(28)32,19-4-7-21(8-5-19)31-14-12-30(2)13-15-31)24-16-18(10-11-29-24)22-9-6-20(27)17-23(22)33-3/h4-11,16-17H,12-15H2,1-3H3,(H2,28,32). The van der Waals surface area contributed by atoms with Gasteiger partial charge in [0, 0.05) is 49.7 Å². The molecule has 0 aliphatic carbocycles. The summed E-state index contributed by atoms with van der Waals surface area (Å²) in [4.78, 5) is 21.9. The predicted molar refractivity (Wildman–Crippen MR) is 128 cm³/mol. The van der Waals surface area contributed by atoms with E-state index >= 15 is 0 Å². The minimum absolute atomic E-state index is 0.382. The molecule has 1 amide bonds. The smallest absolute Gasteiger partial charge is 0.233 e. The lowest BCUT2D eigenvalue weighted by Gasteiger charge is -2.34. The quantitative estimate of drug-likeness (QED) is 0.626. The Morgan fingerprint density at radius 1 is 1.06 bits per heavy atom. The SMILES string of the molecule is COc1cc(F)ccc1-c1ccnc(C(C)(C(N)=O)c2ccc(N3CCN(C)CC3)cc2)c1. The molecule has 1 aromatic heterocycles. The number of hydrogen-bond acceptors (Lipinski definition) is 5. The van der Waals surface area contributed by atoms with Gasteiger partial charge in [-0.25, -0.2) is 4.39 Å². The molecule has 1 saturated heterocycles. The molecule has 1 unspecified atom stereocenters. The van der Waals surface area contributed by atoms with Crippen molar-refractivity contribution in [3.63, 3.8) is 0 Å². The Morgan fingerprint density at radius 3 is 2.39 bits per heavy atom. The number of rotatable bonds is 6. The summed E-state index contributed by atoms with van der Waals surface area (Å²) < 4.78 is 19.0. The third-order valence-corrected chi connectivity index (χ3v) is 6.55. The lowest BCUT2D eigenvalue weighted by atomic mass is 9.77. The number of piperazine rings is 1. The van der Waals surface area contributed by atoms with Crippen LogP contribution in [-0.4, -0.2) is 56.1 Å². The number of halogens is 1. The largest absolute Gasteiger partial charge is 0.496 e. The van der Waals surface area contributed by atoms with Gasteiger partial charge >= 0.3 is 0 Å². The predicted octanol–water partition coefficient (Wildman–Crippen LogP) is 3.44. The Balaban J connectivity index is 1.70. The van der Waals surface area contributed by atoms with Crippen molar-refractivity contribution in [2.75, 3.05) is 45.2 Å². The van der Waals surface area contributed by atoms with Crippen LogP contribution < -0.4 is 15.4 Å². The maximum atomic E-state index is 13.7. The topological polar surface area (TPSA) is 71.7 Å². The molecule has 172 valence electrons. The van der Waals surface area contributed by atoms with Crippen molar-refractivity contribution in [3.05, 3.63) is 77.9 Å². The molecule has 1 fully saturated rings. The number of aromatic nitrogens is 1. The maximum absolute atomic E-state index is 13.7. The molecule has 2 N–H and O–H groups in total. The highest BCUT2D eigenvalue weighted by atomic mass is 19.1. The average molecular weight is 449 g/mol. The molecule has 1 aliphatic heterocycles. The zero-order chi connectivity index (χ0) is 23.6. The molecule has 2 aromatic carbocycles. The summed E-state index contributed by atoms with van der Waals surface area (Å²) in [6, 6.07) is 16.0. The fourth-order valence-electron chi connectivity index (χ4n) is 4.26. The van der Waals surface area contributed by atoms with E-state index in [0.717, 1.165) is 43.0 Å². The minimum Gasteiger partial charge on any atom is -0.496 e. The van der Waals surface area contributed by atoms with Gasteiger partial charge in [-0.15, -0.1) is 0 Å². The van der Waals surface area contributed by atoms with Gasteiger partial charge in [0.05, 0.1) is 12.8 Å². The first kappa shape index (κ1) is 22.7. The molecule has 7 heteroatoms. The molecule has 33 heavy (non-hydrogen) atoms. The van der Waals surface area contributed by atoms with Crippen LogP contribution >= 0.6 is 0 Å². The van der Waals surface area contributed by atoms with Gasteiger partial charge < -0.3 is 20.3 Å². The van der Waals surface area contributed by atoms with E-state index in [1.165, 1.54) is 19.2 Å². The summed E-state index contributed by atoms with van der Waals surface area (Å²) in [6.07, 6.45) is 1.63. The van der Waals surface area contributed by atoms with Gasteiger partial charge in [-0.1, -0.05) is 12.1 Å². The third-order valence-electron chi connectivity index (χ3n) is 6.55. The Labute approximate surface area is 193 Å². The van der Waals surface area contributed by atoms with Crippen LogP contribution in [0, 0.1) is 5.82 Å². The van der Waals surface area contributed by atoms with Crippen LogP contribution in [0.1, 0.15) is 18.2 Å². The summed E-state index contributed by atoms with van der Waals surface area (Å²) in [7, 11) is 3.62. The Morgan fingerprint density at radius 2 is 1.76 bits per heavy atom. The second-order valence-electron chi connectivity index (χ2n) is 8.60. The first-order valence-corrected chi connectivity index (χ1v) is 11.0. The number of carbonyl (C=O) groups is 1. The number of nitrogens with zero attached hydrogens (tertiary/aromatic N) is 3. The van der Waals surface area contributed by atoms with Gasteiger partial charge in [0.1, 0.15) is 17.0 Å². The molecular formula is C26H29FN4O2. The molecular weight excluding hydrogens is 419 g/mol.